The first-order valence-corrected chi connectivity index (χ1v) is 26.2. The smallest absolute Gasteiger partial charge is 0.309 e. The largest absolute Gasteiger partial charge is 0.459 e. The molecule has 0 bridgehead atoms. The quantitative estimate of drug-likeness (QED) is 0.192. The fraction of sp³-hybridized carbons (Fsp3) is 0.816. The SMILES string of the molecule is CC[C@H]1OC(=O)[C@H](C)[C@@H](C2C[C@@](C)(OC)[C@@H](O)[C@H](C)O2)[C@H](C)[C@@H](O[C@@H]2O[C@H](C)C[C@H](N(C)CCc3cn(Cc4ccc(S(C)(=O)=O)cc4)nn3)[C@H]2O)[C@](C)(O)C[C@@H](C)CN(C)[C@H](C)[C@@H](O)[C@]1(C)O. The van der Waals surface area contributed by atoms with E-state index in [1.165, 1.54) is 20.3 Å². The number of aliphatic hydroxyl groups is 5. The minimum Gasteiger partial charge on any atom is -0.459 e. The number of aliphatic hydroxyl groups excluding tert-OH is 3. The van der Waals surface area contributed by atoms with Gasteiger partial charge in [-0.05, 0) is 104 Å². The number of rotatable bonds is 12. The third-order valence-electron chi connectivity index (χ3n) is 15.5. The maximum Gasteiger partial charge on any atom is 0.309 e. The monoisotopic (exact) mass is 982 g/mol. The van der Waals surface area contributed by atoms with E-state index in [1.807, 2.05) is 50.9 Å². The maximum atomic E-state index is 14.6. The third kappa shape index (κ3) is 12.9. The summed E-state index contributed by atoms with van der Waals surface area (Å²) in [4.78, 5) is 18.8. The lowest BCUT2D eigenvalue weighted by atomic mass is 9.68. The number of hydrogen-bond donors (Lipinski definition) is 5. The molecule has 0 radical (unpaired) electrons. The second kappa shape index (κ2) is 22.4. The molecule has 3 saturated heterocycles. The number of aromatic nitrogens is 3. The average molecular weight is 982 g/mol. The summed E-state index contributed by atoms with van der Waals surface area (Å²) < 4.78 is 57.6. The molecule has 5 N–H and O–H groups in total. The van der Waals surface area contributed by atoms with E-state index in [0.29, 0.717) is 32.5 Å². The lowest BCUT2D eigenvalue weighted by Crippen LogP contribution is -2.62. The fourth-order valence-electron chi connectivity index (χ4n) is 11.2. The van der Waals surface area contributed by atoms with Gasteiger partial charge in [0.25, 0.3) is 0 Å². The molecule has 3 fully saturated rings. The van der Waals surface area contributed by atoms with E-state index in [1.54, 1.807) is 70.5 Å². The molecule has 1 aromatic heterocycles. The molecule has 4 heterocycles. The number of cyclic esters (lactones) is 1. The fourth-order valence-corrected chi connectivity index (χ4v) is 11.9. The molecule has 0 aliphatic carbocycles. The van der Waals surface area contributed by atoms with Crippen LogP contribution < -0.4 is 0 Å². The van der Waals surface area contributed by atoms with Gasteiger partial charge in [0, 0.05) is 63.5 Å². The molecular formula is C49H83N5O13S. The first-order valence-electron chi connectivity index (χ1n) is 24.3. The number of esters is 1. The Hall–Kier alpha value is -2.66. The highest BCUT2D eigenvalue weighted by Crippen LogP contribution is 2.45. The molecule has 0 saturated carbocycles. The predicted octanol–water partition coefficient (Wildman–Crippen LogP) is 2.83. The molecule has 3 aliphatic rings. The number of ether oxygens (including phenoxy) is 5. The molecular weight excluding hydrogens is 899 g/mol. The van der Waals surface area contributed by atoms with Crippen LogP contribution in [0.4, 0.5) is 0 Å². The van der Waals surface area contributed by atoms with Crippen LogP contribution in [0.5, 0.6) is 0 Å². The van der Waals surface area contributed by atoms with Gasteiger partial charge >= 0.3 is 5.97 Å². The van der Waals surface area contributed by atoms with Crippen LogP contribution in [0.3, 0.4) is 0 Å². The van der Waals surface area contributed by atoms with Crippen molar-refractivity contribution in [3.63, 3.8) is 0 Å². The van der Waals surface area contributed by atoms with E-state index in [0.717, 1.165) is 11.3 Å². The van der Waals surface area contributed by atoms with E-state index in [-0.39, 0.29) is 36.2 Å². The Balaban J connectivity index is 1.45. The number of sulfone groups is 1. The van der Waals surface area contributed by atoms with Crippen LogP contribution >= 0.6 is 0 Å². The van der Waals surface area contributed by atoms with Crippen LogP contribution in [0.2, 0.25) is 0 Å². The van der Waals surface area contributed by atoms with Crippen molar-refractivity contribution in [2.24, 2.45) is 23.7 Å². The van der Waals surface area contributed by atoms with Crippen LogP contribution in [-0.4, -0.2) is 189 Å². The van der Waals surface area contributed by atoms with Crippen molar-refractivity contribution < 1.29 is 62.4 Å². The summed E-state index contributed by atoms with van der Waals surface area (Å²) >= 11 is 0. The van der Waals surface area contributed by atoms with Gasteiger partial charge in [-0.25, -0.2) is 13.1 Å². The highest BCUT2D eigenvalue weighted by atomic mass is 32.2. The van der Waals surface area contributed by atoms with Crippen molar-refractivity contribution in [1.82, 2.24) is 24.8 Å². The summed E-state index contributed by atoms with van der Waals surface area (Å²) in [5, 5.41) is 68.6. The Morgan fingerprint density at radius 2 is 1.62 bits per heavy atom. The summed E-state index contributed by atoms with van der Waals surface area (Å²) in [7, 11) is 1.98. The Kier molecular flexibility index (Phi) is 18.5. The van der Waals surface area contributed by atoms with Gasteiger partial charge in [-0.1, -0.05) is 45.0 Å². The highest BCUT2D eigenvalue weighted by Gasteiger charge is 2.55. The lowest BCUT2D eigenvalue weighted by molar-refractivity contribution is -0.302. The van der Waals surface area contributed by atoms with Gasteiger partial charge < -0.3 is 59.0 Å². The summed E-state index contributed by atoms with van der Waals surface area (Å²) in [6, 6.07) is 5.67. The Morgan fingerprint density at radius 3 is 2.22 bits per heavy atom. The molecule has 19 heteroatoms. The number of benzene rings is 1. The van der Waals surface area contributed by atoms with E-state index >= 15 is 0 Å². The summed E-state index contributed by atoms with van der Waals surface area (Å²) in [5.74, 6) is -3.18. The first-order chi connectivity index (χ1) is 31.5. The zero-order valence-electron chi connectivity index (χ0n) is 42.9. The molecule has 0 spiro atoms. The second-order valence-corrected chi connectivity index (χ2v) is 23.4. The van der Waals surface area contributed by atoms with Gasteiger partial charge in [-0.15, -0.1) is 5.10 Å². The number of hydrogen-bond acceptors (Lipinski definition) is 17. The van der Waals surface area contributed by atoms with Gasteiger partial charge in [0.05, 0.1) is 58.7 Å². The van der Waals surface area contributed by atoms with Crippen LogP contribution in [0.1, 0.15) is 106 Å². The van der Waals surface area contributed by atoms with E-state index < -0.39 is 111 Å². The standard InChI is InChI=1S/C49H83N5O13S/c1-15-39-49(10,60)42(56)32(6)53(12)25-28(2)23-47(8,59)44(30(4)40(31(5)45(58)66-39)38-24-48(9,63-13)43(57)33(7)65-38)67-46-41(55)37(22-29(3)64-46)52(11)21-20-35-27-54(51-50-35)26-34-16-18-36(19-17-34)68(14,61)62/h16-19,27-33,37-44,46,55-57,59-60H,15,20-26H2,1-14H3/t28-,29-,30+,31-,32-,33+,37+,38?,39-,40+,41-,42-,43+,44-,46+,47-,48-,49-/m1/s1. The average Bonchev–Trinajstić information content (AvgIpc) is 3.71. The third-order valence-corrected chi connectivity index (χ3v) is 16.6. The Bertz CT molecular complexity index is 2060. The molecule has 18 atom stereocenters. The van der Waals surface area contributed by atoms with Gasteiger partial charge in [0.15, 0.2) is 16.1 Å². The van der Waals surface area contributed by atoms with Crippen LogP contribution in [-0.2, 0) is 51.3 Å². The van der Waals surface area contributed by atoms with Gasteiger partial charge in [0.1, 0.15) is 30.0 Å². The molecule has 68 heavy (non-hydrogen) atoms. The molecule has 18 nitrogen and oxygen atoms in total. The number of carbonyl (C=O) groups excluding carboxylic acids is 1. The summed E-state index contributed by atoms with van der Waals surface area (Å²) in [5.41, 5.74) is -2.87. The maximum absolute atomic E-state index is 14.6. The minimum absolute atomic E-state index is 0.181. The van der Waals surface area contributed by atoms with Crippen molar-refractivity contribution >= 4 is 15.8 Å². The number of methoxy groups -OCH3 is 1. The first kappa shape index (κ1) is 56.3. The molecule has 1 unspecified atom stereocenters. The van der Waals surface area contributed by atoms with Crippen LogP contribution in [0.25, 0.3) is 0 Å². The van der Waals surface area contributed by atoms with Gasteiger partial charge in [-0.3, -0.25) is 4.79 Å². The minimum atomic E-state index is -3.31. The zero-order valence-corrected chi connectivity index (χ0v) is 43.7. The molecule has 2 aromatic rings. The van der Waals surface area contributed by atoms with Crippen molar-refractivity contribution in [2.45, 2.75) is 197 Å². The molecule has 388 valence electrons. The van der Waals surface area contributed by atoms with Crippen LogP contribution in [0, 0.1) is 23.7 Å². The highest BCUT2D eigenvalue weighted by molar-refractivity contribution is 7.90. The second-order valence-electron chi connectivity index (χ2n) is 21.3. The molecule has 3 aliphatic heterocycles. The molecule has 0 amide bonds. The van der Waals surface area contributed by atoms with Crippen molar-refractivity contribution in [2.75, 3.05) is 40.6 Å². The van der Waals surface area contributed by atoms with Crippen molar-refractivity contribution in [3.8, 4) is 0 Å². The normalized spacial score (nSPS) is 40.9. The van der Waals surface area contributed by atoms with Gasteiger partial charge in [-0.2, -0.15) is 0 Å². The number of likely N-dealkylation sites (N-methyl/N-ethyl adjacent to an activating group) is 2. The number of nitrogens with zero attached hydrogens (tertiary/aromatic N) is 5. The Labute approximate surface area is 404 Å². The molecule has 1 aromatic carbocycles. The van der Waals surface area contributed by atoms with E-state index in [4.69, 9.17) is 23.7 Å². The van der Waals surface area contributed by atoms with E-state index in [2.05, 4.69) is 10.3 Å². The molecule has 5 rings (SSSR count). The topological polar surface area (TPSA) is 236 Å². The van der Waals surface area contributed by atoms with Gasteiger partial charge in [0.2, 0.25) is 0 Å². The summed E-state index contributed by atoms with van der Waals surface area (Å²) in [6.45, 7) is 19.2. The predicted molar refractivity (Wildman–Crippen MR) is 254 cm³/mol. The zero-order chi connectivity index (χ0) is 50.8. The lowest BCUT2D eigenvalue weighted by Gasteiger charge is -2.51. The van der Waals surface area contributed by atoms with E-state index in [9.17, 15) is 38.7 Å². The van der Waals surface area contributed by atoms with Crippen molar-refractivity contribution in [3.05, 3.63) is 41.7 Å². The Morgan fingerprint density at radius 1 is 0.971 bits per heavy atom. The van der Waals surface area contributed by atoms with Crippen molar-refractivity contribution in [1.29, 1.82) is 0 Å². The number of carbonyl (C=O) groups is 1. The summed E-state index contributed by atoms with van der Waals surface area (Å²) in [6.07, 6.45) is -3.95. The van der Waals surface area contributed by atoms with Crippen LogP contribution in [0.15, 0.2) is 35.4 Å².